The second-order valence-corrected chi connectivity index (χ2v) is 5.03. The second kappa shape index (κ2) is 6.44. The highest BCUT2D eigenvalue weighted by Crippen LogP contribution is 2.22. The normalized spacial score (nSPS) is 12.3. The third-order valence-corrected chi connectivity index (χ3v) is 3.60. The molecule has 1 heterocycles. The van der Waals surface area contributed by atoms with Crippen LogP contribution in [0, 0.1) is 0 Å². The third kappa shape index (κ3) is 3.26. The quantitative estimate of drug-likeness (QED) is 0.476. The van der Waals surface area contributed by atoms with E-state index in [0.717, 1.165) is 29.1 Å². The molecule has 0 aliphatic rings. The van der Waals surface area contributed by atoms with Gasteiger partial charge in [0.2, 0.25) is 0 Å². The minimum atomic E-state index is 0.206. The lowest BCUT2D eigenvalue weighted by Crippen LogP contribution is -2.36. The predicted molar refractivity (Wildman–Crippen MR) is 77.2 cm³/mol. The van der Waals surface area contributed by atoms with Crippen LogP contribution in [-0.2, 0) is 6.42 Å². The number of nitrogens with one attached hydrogen (secondary N) is 1. The molecule has 3 nitrogen and oxygen atoms in total. The summed E-state index contributed by atoms with van der Waals surface area (Å²) in [4.78, 5) is 4.64. The second-order valence-electron chi connectivity index (χ2n) is 4.08. The van der Waals surface area contributed by atoms with Crippen molar-refractivity contribution in [2.45, 2.75) is 18.9 Å². The van der Waals surface area contributed by atoms with Gasteiger partial charge in [-0.05, 0) is 6.42 Å². The number of aromatic nitrogens is 1. The number of hydrazine groups is 1. The SMILES string of the molecule is C=CCC(Cc1nc(-c2ccccc2)cs1)NN. The van der Waals surface area contributed by atoms with Gasteiger partial charge in [0.1, 0.15) is 0 Å². The smallest absolute Gasteiger partial charge is 0.0948 e. The van der Waals surface area contributed by atoms with E-state index in [0.29, 0.717) is 0 Å². The minimum absolute atomic E-state index is 0.206. The first-order valence-corrected chi connectivity index (χ1v) is 6.78. The van der Waals surface area contributed by atoms with Crippen LogP contribution in [0.15, 0.2) is 48.4 Å². The molecule has 0 fully saturated rings. The van der Waals surface area contributed by atoms with Crippen molar-refractivity contribution in [3.05, 3.63) is 53.4 Å². The van der Waals surface area contributed by atoms with Gasteiger partial charge in [-0.15, -0.1) is 17.9 Å². The molecule has 0 amide bonds. The molecule has 0 bridgehead atoms. The summed E-state index contributed by atoms with van der Waals surface area (Å²) in [5, 5.41) is 3.19. The molecule has 1 atom stereocenters. The number of thiazole rings is 1. The van der Waals surface area contributed by atoms with Gasteiger partial charge in [-0.1, -0.05) is 36.4 Å². The number of benzene rings is 1. The van der Waals surface area contributed by atoms with Crippen molar-refractivity contribution in [3.63, 3.8) is 0 Å². The van der Waals surface area contributed by atoms with Gasteiger partial charge in [-0.2, -0.15) is 0 Å². The molecular weight excluding hydrogens is 242 g/mol. The van der Waals surface area contributed by atoms with E-state index in [1.54, 1.807) is 11.3 Å². The van der Waals surface area contributed by atoms with Crippen molar-refractivity contribution in [1.82, 2.24) is 10.4 Å². The molecule has 1 unspecified atom stereocenters. The molecule has 2 aromatic rings. The first-order chi connectivity index (χ1) is 8.83. The predicted octanol–water partition coefficient (Wildman–Crippen LogP) is 2.76. The average Bonchev–Trinajstić information content (AvgIpc) is 2.88. The van der Waals surface area contributed by atoms with Crippen molar-refractivity contribution in [2.75, 3.05) is 0 Å². The van der Waals surface area contributed by atoms with Crippen LogP contribution in [0.1, 0.15) is 11.4 Å². The van der Waals surface area contributed by atoms with E-state index in [1.807, 2.05) is 24.3 Å². The van der Waals surface area contributed by atoms with Gasteiger partial charge >= 0.3 is 0 Å². The Kier molecular flexibility index (Phi) is 4.64. The van der Waals surface area contributed by atoms with E-state index >= 15 is 0 Å². The molecule has 0 saturated heterocycles. The van der Waals surface area contributed by atoms with E-state index in [2.05, 4.69) is 34.5 Å². The Balaban J connectivity index is 2.08. The molecule has 4 heteroatoms. The van der Waals surface area contributed by atoms with Gasteiger partial charge in [-0.3, -0.25) is 11.3 Å². The molecule has 0 aliphatic heterocycles. The van der Waals surface area contributed by atoms with E-state index in [9.17, 15) is 0 Å². The van der Waals surface area contributed by atoms with E-state index in [-0.39, 0.29) is 6.04 Å². The van der Waals surface area contributed by atoms with Crippen LogP contribution < -0.4 is 11.3 Å². The van der Waals surface area contributed by atoms with E-state index in [4.69, 9.17) is 5.84 Å². The fourth-order valence-corrected chi connectivity index (χ4v) is 2.65. The molecular formula is C14H17N3S. The van der Waals surface area contributed by atoms with Crippen LogP contribution in [0.3, 0.4) is 0 Å². The third-order valence-electron chi connectivity index (χ3n) is 2.73. The molecule has 0 saturated carbocycles. The molecule has 2 rings (SSSR count). The number of rotatable bonds is 6. The topological polar surface area (TPSA) is 50.9 Å². The fraction of sp³-hybridized carbons (Fsp3) is 0.214. The van der Waals surface area contributed by atoms with Crippen molar-refractivity contribution >= 4 is 11.3 Å². The molecule has 1 aromatic carbocycles. The summed E-state index contributed by atoms with van der Waals surface area (Å²) in [6, 6.07) is 10.4. The lowest BCUT2D eigenvalue weighted by Gasteiger charge is -2.11. The largest absolute Gasteiger partial charge is 0.271 e. The lowest BCUT2D eigenvalue weighted by atomic mass is 10.1. The molecule has 0 spiro atoms. The van der Waals surface area contributed by atoms with Gasteiger partial charge in [0, 0.05) is 23.4 Å². The van der Waals surface area contributed by atoms with Crippen molar-refractivity contribution in [2.24, 2.45) is 5.84 Å². The zero-order chi connectivity index (χ0) is 12.8. The van der Waals surface area contributed by atoms with Crippen LogP contribution >= 0.6 is 11.3 Å². The zero-order valence-electron chi connectivity index (χ0n) is 10.2. The van der Waals surface area contributed by atoms with Crippen LogP contribution in [0.4, 0.5) is 0 Å². The summed E-state index contributed by atoms with van der Waals surface area (Å²) >= 11 is 1.67. The monoisotopic (exact) mass is 259 g/mol. The Morgan fingerprint density at radius 3 is 2.83 bits per heavy atom. The maximum Gasteiger partial charge on any atom is 0.0948 e. The Hall–Kier alpha value is -1.49. The molecule has 0 radical (unpaired) electrons. The maximum absolute atomic E-state index is 5.50. The lowest BCUT2D eigenvalue weighted by molar-refractivity contribution is 0.530. The Morgan fingerprint density at radius 1 is 1.39 bits per heavy atom. The minimum Gasteiger partial charge on any atom is -0.271 e. The van der Waals surface area contributed by atoms with Gasteiger partial charge < -0.3 is 0 Å². The van der Waals surface area contributed by atoms with Gasteiger partial charge in [-0.25, -0.2) is 4.98 Å². The summed E-state index contributed by atoms with van der Waals surface area (Å²) in [5.74, 6) is 5.50. The summed E-state index contributed by atoms with van der Waals surface area (Å²) < 4.78 is 0. The van der Waals surface area contributed by atoms with Crippen LogP contribution in [0.25, 0.3) is 11.3 Å². The number of nitrogens with two attached hydrogens (primary N) is 1. The molecule has 1 aromatic heterocycles. The molecule has 0 aliphatic carbocycles. The molecule has 3 N–H and O–H groups in total. The maximum atomic E-state index is 5.50. The van der Waals surface area contributed by atoms with Crippen molar-refractivity contribution in [3.8, 4) is 11.3 Å². The number of hydrogen-bond acceptors (Lipinski definition) is 4. The summed E-state index contributed by atoms with van der Waals surface area (Å²) in [6.07, 6.45) is 3.55. The van der Waals surface area contributed by atoms with Crippen LogP contribution in [0.2, 0.25) is 0 Å². The highest BCUT2D eigenvalue weighted by molar-refractivity contribution is 7.09. The Labute approximate surface area is 111 Å². The Bertz CT molecular complexity index is 493. The zero-order valence-corrected chi connectivity index (χ0v) is 11.0. The Morgan fingerprint density at radius 2 is 2.17 bits per heavy atom. The highest BCUT2D eigenvalue weighted by atomic mass is 32.1. The van der Waals surface area contributed by atoms with Gasteiger partial charge in [0.25, 0.3) is 0 Å². The summed E-state index contributed by atoms with van der Waals surface area (Å²) in [7, 11) is 0. The van der Waals surface area contributed by atoms with Crippen molar-refractivity contribution in [1.29, 1.82) is 0 Å². The van der Waals surface area contributed by atoms with Crippen molar-refractivity contribution < 1.29 is 0 Å². The number of hydrogen-bond donors (Lipinski definition) is 2. The number of nitrogens with zero attached hydrogens (tertiary/aromatic N) is 1. The first kappa shape index (κ1) is 13.0. The van der Waals surface area contributed by atoms with E-state index in [1.165, 1.54) is 0 Å². The van der Waals surface area contributed by atoms with Gasteiger partial charge in [0.05, 0.1) is 10.7 Å². The fourth-order valence-electron chi connectivity index (χ4n) is 1.77. The molecule has 94 valence electrons. The summed E-state index contributed by atoms with van der Waals surface area (Å²) in [5.41, 5.74) is 4.98. The van der Waals surface area contributed by atoms with Gasteiger partial charge in [0.15, 0.2) is 0 Å². The summed E-state index contributed by atoms with van der Waals surface area (Å²) in [6.45, 7) is 3.73. The average molecular weight is 259 g/mol. The first-order valence-electron chi connectivity index (χ1n) is 5.90. The van der Waals surface area contributed by atoms with E-state index < -0.39 is 0 Å². The standard InChI is InChI=1S/C14H17N3S/c1-2-6-12(17-15)9-14-16-13(10-18-14)11-7-4-3-5-8-11/h2-5,7-8,10,12,17H,1,6,9,15H2. The molecule has 18 heavy (non-hydrogen) atoms. The van der Waals surface area contributed by atoms with Crippen LogP contribution in [0.5, 0.6) is 0 Å². The highest BCUT2D eigenvalue weighted by Gasteiger charge is 2.10. The van der Waals surface area contributed by atoms with Crippen LogP contribution in [-0.4, -0.2) is 11.0 Å².